The van der Waals surface area contributed by atoms with Crippen LogP contribution in [0.2, 0.25) is 0 Å². The Bertz CT molecular complexity index is 940. The van der Waals surface area contributed by atoms with Crippen LogP contribution in [0.5, 0.6) is 17.2 Å². The molecule has 232 valence electrons. The summed E-state index contributed by atoms with van der Waals surface area (Å²) in [6.45, 7) is 5.68. The lowest BCUT2D eigenvalue weighted by atomic mass is 10.1. The van der Waals surface area contributed by atoms with Gasteiger partial charge in [0.2, 0.25) is 0 Å². The summed E-state index contributed by atoms with van der Waals surface area (Å²) in [5, 5.41) is 0. The van der Waals surface area contributed by atoms with Crippen LogP contribution in [0, 0.1) is 0 Å². The molecule has 0 spiro atoms. The average Bonchev–Trinajstić information content (AvgIpc) is 3.02. The molecule has 0 fully saturated rings. The van der Waals surface area contributed by atoms with E-state index in [0.717, 1.165) is 30.8 Å². The molecule has 8 heteroatoms. The molecule has 0 amide bonds. The van der Waals surface area contributed by atoms with Crippen LogP contribution in [0.4, 0.5) is 0 Å². The van der Waals surface area contributed by atoms with E-state index < -0.39 is 17.2 Å². The van der Waals surface area contributed by atoms with Gasteiger partial charge >= 0.3 is 17.2 Å². The highest BCUT2D eigenvalue weighted by Crippen LogP contribution is 2.41. The summed E-state index contributed by atoms with van der Waals surface area (Å²) < 4.78 is 28.2. The van der Waals surface area contributed by atoms with E-state index in [4.69, 9.17) is 22.6 Å². The maximum Gasteiger partial charge on any atom is 0.463 e. The van der Waals surface area contributed by atoms with E-state index in [9.17, 15) is 4.89 Å². The van der Waals surface area contributed by atoms with Crippen molar-refractivity contribution in [1.29, 1.82) is 0 Å². The molecule has 1 atom stereocenters. The number of hydrogen-bond acceptors (Lipinski definition) is 6. The summed E-state index contributed by atoms with van der Waals surface area (Å²) in [4.78, 5) is 9.56. The van der Waals surface area contributed by atoms with E-state index in [1.807, 2.05) is 78.9 Å². The normalized spacial score (nSPS) is 11.4. The van der Waals surface area contributed by atoms with Gasteiger partial charge in [0.1, 0.15) is 17.2 Å². The van der Waals surface area contributed by atoms with Gasteiger partial charge in [-0.1, -0.05) is 133 Å². The smallest absolute Gasteiger partial charge is 0.427 e. The number of benzene rings is 3. The van der Waals surface area contributed by atoms with E-state index >= 15 is 0 Å². The molecule has 0 aliphatic carbocycles. The first-order valence-corrected chi connectivity index (χ1v) is 17.7. The highest BCUT2D eigenvalue weighted by Gasteiger charge is 2.17. The molecule has 0 aliphatic heterocycles. The highest BCUT2D eigenvalue weighted by molar-refractivity contribution is 7.42. The van der Waals surface area contributed by atoms with Crippen molar-refractivity contribution in [2.45, 2.75) is 90.9 Å². The summed E-state index contributed by atoms with van der Waals surface area (Å²) in [6, 6.07) is 28.6. The summed E-state index contributed by atoms with van der Waals surface area (Å²) in [5.74, 6) is 2.18. The van der Waals surface area contributed by atoms with Gasteiger partial charge in [-0.3, -0.25) is 4.52 Å². The summed E-state index contributed by atoms with van der Waals surface area (Å²) >= 11 is 0. The number of rotatable bonds is 22. The summed E-state index contributed by atoms with van der Waals surface area (Å²) in [6.07, 6.45) is 14.7. The maximum absolute atomic E-state index is 9.56. The second-order valence-electron chi connectivity index (χ2n) is 9.88. The molecule has 42 heavy (non-hydrogen) atoms. The first kappa shape index (κ1) is 36.0. The summed E-state index contributed by atoms with van der Waals surface area (Å²) in [5.41, 5.74) is 0. The molecule has 0 radical (unpaired) electrons. The minimum atomic E-state index is -1.78. The molecule has 3 aromatic carbocycles. The molecule has 3 rings (SSSR count). The third-order valence-corrected chi connectivity index (χ3v) is 8.05. The van der Waals surface area contributed by atoms with Gasteiger partial charge in [-0.15, -0.1) is 0 Å². The maximum atomic E-state index is 9.56. The first-order chi connectivity index (χ1) is 20.7. The van der Waals surface area contributed by atoms with Gasteiger partial charge in [0.15, 0.2) is 0 Å². The van der Waals surface area contributed by atoms with Crippen molar-refractivity contribution in [2.24, 2.45) is 0 Å². The molecule has 3 aromatic rings. The molecule has 1 unspecified atom stereocenters. The number of hydrogen-bond donors (Lipinski definition) is 1. The molecule has 0 aromatic heterocycles. The predicted octanol–water partition coefficient (Wildman–Crippen LogP) is 11.4. The topological polar surface area (TPSA) is 66.4 Å². The second-order valence-corrected chi connectivity index (χ2v) is 11.9. The molecular weight excluding hydrogens is 566 g/mol. The third-order valence-electron chi connectivity index (χ3n) is 6.17. The second kappa shape index (κ2) is 25.3. The van der Waals surface area contributed by atoms with Crippen molar-refractivity contribution in [3.63, 3.8) is 0 Å². The fourth-order valence-corrected chi connectivity index (χ4v) is 5.50. The summed E-state index contributed by atoms with van der Waals surface area (Å²) in [7, 11) is -3.23. The molecule has 6 nitrogen and oxygen atoms in total. The van der Waals surface area contributed by atoms with E-state index in [-0.39, 0.29) is 0 Å². The largest absolute Gasteiger partial charge is 0.463 e. The van der Waals surface area contributed by atoms with Crippen LogP contribution in [0.3, 0.4) is 0 Å². The zero-order valence-corrected chi connectivity index (χ0v) is 27.2. The Hall–Kier alpha value is -2.20. The lowest BCUT2D eigenvalue weighted by Gasteiger charge is -2.17. The minimum Gasteiger partial charge on any atom is -0.427 e. The standard InChI is InChI=1S/C20H27O3P.C14H23O3P/c1-2-3-4-5-6-13-18-21-24(22-19-14-9-7-10-15-19)23-20-16-11-8-12-17-20;1-2-3-4-5-6-10-13-16-18(15)17-14-11-8-7-9-12-14/h7-12,14-17H,2-6,13,18H2,1H3;7-9,11-12,15H,2-6,10,13H2,1H3. The van der Waals surface area contributed by atoms with Crippen molar-refractivity contribution >= 4 is 17.2 Å². The zero-order chi connectivity index (χ0) is 29.9. The fraction of sp³-hybridized carbons (Fsp3) is 0.471. The van der Waals surface area contributed by atoms with Gasteiger partial charge in [-0.25, -0.2) is 0 Å². The van der Waals surface area contributed by atoms with Crippen molar-refractivity contribution in [3.05, 3.63) is 91.0 Å². The molecule has 0 aliphatic rings. The van der Waals surface area contributed by atoms with Crippen LogP contribution in [-0.2, 0) is 9.05 Å². The molecule has 0 saturated carbocycles. The van der Waals surface area contributed by atoms with Gasteiger partial charge in [-0.2, -0.15) is 0 Å². The van der Waals surface area contributed by atoms with Crippen LogP contribution >= 0.6 is 17.2 Å². The first-order valence-electron chi connectivity index (χ1n) is 15.4. The highest BCUT2D eigenvalue weighted by atomic mass is 31.2. The Morgan fingerprint density at radius 3 is 1.24 bits per heavy atom. The van der Waals surface area contributed by atoms with Gasteiger partial charge in [0.25, 0.3) is 0 Å². The lowest BCUT2D eigenvalue weighted by Crippen LogP contribution is -2.01. The van der Waals surface area contributed by atoms with Crippen LogP contribution in [-0.4, -0.2) is 18.1 Å². The van der Waals surface area contributed by atoms with Crippen LogP contribution in [0.25, 0.3) is 0 Å². The van der Waals surface area contributed by atoms with E-state index in [1.54, 1.807) is 12.1 Å². The Kier molecular flexibility index (Phi) is 21.7. The Labute approximate surface area is 256 Å². The predicted molar refractivity (Wildman–Crippen MR) is 176 cm³/mol. The van der Waals surface area contributed by atoms with E-state index in [1.165, 1.54) is 57.8 Å². The lowest BCUT2D eigenvalue weighted by molar-refractivity contribution is 0.253. The van der Waals surface area contributed by atoms with Gasteiger partial charge in [-0.05, 0) is 49.2 Å². The van der Waals surface area contributed by atoms with Gasteiger partial charge in [0.05, 0.1) is 13.2 Å². The Morgan fingerprint density at radius 2 is 0.810 bits per heavy atom. The van der Waals surface area contributed by atoms with Crippen molar-refractivity contribution in [3.8, 4) is 17.2 Å². The molecule has 1 N–H and O–H groups in total. The Morgan fingerprint density at radius 1 is 0.452 bits per heavy atom. The van der Waals surface area contributed by atoms with Crippen LogP contribution in [0.1, 0.15) is 90.9 Å². The number of para-hydroxylation sites is 3. The molecule has 0 saturated heterocycles. The average molecular weight is 617 g/mol. The van der Waals surface area contributed by atoms with E-state index in [2.05, 4.69) is 13.8 Å². The van der Waals surface area contributed by atoms with Gasteiger partial charge in [0, 0.05) is 0 Å². The van der Waals surface area contributed by atoms with Crippen LogP contribution in [0.15, 0.2) is 91.0 Å². The van der Waals surface area contributed by atoms with Crippen molar-refractivity contribution in [1.82, 2.24) is 0 Å². The Balaban J connectivity index is 0.000000307. The fourth-order valence-electron chi connectivity index (χ4n) is 3.85. The number of unbranched alkanes of at least 4 members (excludes halogenated alkanes) is 10. The minimum absolute atomic E-state index is 0.571. The van der Waals surface area contributed by atoms with Gasteiger partial charge < -0.3 is 23.0 Å². The SMILES string of the molecule is CCCCCCCCOP(O)Oc1ccccc1.CCCCCCCCOP(Oc1ccccc1)Oc1ccccc1. The van der Waals surface area contributed by atoms with Crippen molar-refractivity contribution < 1.29 is 27.5 Å². The molecular formula is C34H50O6P2. The monoisotopic (exact) mass is 616 g/mol. The quantitative estimate of drug-likeness (QED) is 0.0895. The zero-order valence-electron chi connectivity index (χ0n) is 25.4. The van der Waals surface area contributed by atoms with Crippen molar-refractivity contribution in [2.75, 3.05) is 13.2 Å². The molecule has 0 bridgehead atoms. The van der Waals surface area contributed by atoms with E-state index in [0.29, 0.717) is 19.0 Å². The van der Waals surface area contributed by atoms with Crippen LogP contribution < -0.4 is 13.6 Å². The molecule has 0 heterocycles. The third kappa shape index (κ3) is 19.1.